The molecule has 5 rings (SSSR count). The van der Waals surface area contributed by atoms with Crippen LogP contribution in [-0.4, -0.2) is 71.4 Å². The predicted molar refractivity (Wildman–Crippen MR) is 142 cm³/mol. The van der Waals surface area contributed by atoms with Gasteiger partial charge in [-0.25, -0.2) is 9.37 Å². The number of benzene rings is 1. The Hall–Kier alpha value is -3.76. The molecule has 3 heterocycles. The van der Waals surface area contributed by atoms with Gasteiger partial charge in [0.25, 0.3) is 5.91 Å². The third-order valence-electron chi connectivity index (χ3n) is 7.51. The summed E-state index contributed by atoms with van der Waals surface area (Å²) in [5, 5.41) is 19.9. The average Bonchev–Trinajstić information content (AvgIpc) is 3.60. The van der Waals surface area contributed by atoms with Gasteiger partial charge in [0, 0.05) is 18.2 Å². The van der Waals surface area contributed by atoms with Gasteiger partial charge in [-0.3, -0.25) is 20.5 Å². The molecule has 2 atom stereocenters. The van der Waals surface area contributed by atoms with Crippen molar-refractivity contribution in [3.63, 3.8) is 0 Å². The number of anilines is 4. The van der Waals surface area contributed by atoms with E-state index in [-0.39, 0.29) is 24.5 Å². The fourth-order valence-corrected chi connectivity index (χ4v) is 5.63. The number of methoxy groups -OCH3 is 1. The first kappa shape index (κ1) is 24.9. The van der Waals surface area contributed by atoms with E-state index in [1.807, 2.05) is 0 Å². The second-order valence-corrected chi connectivity index (χ2v) is 9.73. The van der Waals surface area contributed by atoms with E-state index in [4.69, 9.17) is 20.5 Å². The molecule has 2 aliphatic heterocycles. The summed E-state index contributed by atoms with van der Waals surface area (Å²) in [5.74, 6) is 1.65. The molecule has 0 unspecified atom stereocenters. The zero-order valence-corrected chi connectivity index (χ0v) is 21.2. The first-order valence-electron chi connectivity index (χ1n) is 12.9. The van der Waals surface area contributed by atoms with Gasteiger partial charge in [-0.15, -0.1) is 0 Å². The predicted octanol–water partition coefficient (Wildman–Crippen LogP) is 4.34. The number of carbonyl (C=O) groups is 1. The van der Waals surface area contributed by atoms with Gasteiger partial charge < -0.3 is 19.9 Å². The first-order valence-corrected chi connectivity index (χ1v) is 12.9. The molecule has 0 bridgehead atoms. The number of ether oxygens (including phenoxy) is 1. The molecule has 0 radical (unpaired) electrons. The maximum atomic E-state index is 13.6. The molecule has 2 aromatic rings. The number of amidine groups is 1. The normalized spacial score (nSPS) is 21.8. The second-order valence-electron chi connectivity index (χ2n) is 9.73. The second kappa shape index (κ2) is 10.3. The smallest absolute Gasteiger partial charge is 0.254 e. The minimum atomic E-state index is -0.976. The lowest BCUT2D eigenvalue weighted by Gasteiger charge is -2.44. The van der Waals surface area contributed by atoms with Gasteiger partial charge in [-0.2, -0.15) is 4.98 Å². The van der Waals surface area contributed by atoms with Crippen LogP contribution in [0.3, 0.4) is 0 Å². The molecular weight excluding hydrogens is 475 g/mol. The molecule has 1 saturated heterocycles. The van der Waals surface area contributed by atoms with Crippen LogP contribution < -0.4 is 19.9 Å². The van der Waals surface area contributed by atoms with Crippen LogP contribution in [0, 0.1) is 10.8 Å². The number of amides is 1. The summed E-state index contributed by atoms with van der Waals surface area (Å²) in [6.45, 7) is 2.58. The summed E-state index contributed by atoms with van der Waals surface area (Å²) in [5.41, 5.74) is 1.64. The van der Waals surface area contributed by atoms with Crippen LogP contribution in [0.25, 0.3) is 0 Å². The highest BCUT2D eigenvalue weighted by Crippen LogP contribution is 2.40. The molecule has 2 fully saturated rings. The zero-order valence-electron chi connectivity index (χ0n) is 21.2. The standard InChI is InChI=1S/C26H33FN8O2/c1-3-20-23(29)34(15-28)21-13-30-26(32-24(21)35(20)18-6-4-5-7-18)31-19-9-8-16(12-22(19)37-2)25(36)33-11-10-17(27)14-33/h8-9,12-13,15,17-18,20,28-29H,3-7,10-11,14H2,1-2H3,(H,30,31,32)/t17-,20+/m0/s1. The number of alkyl halides is 1. The number of likely N-dealkylation sites (tertiary alicyclic amines) is 1. The number of nitrogens with zero attached hydrogens (tertiary/aromatic N) is 5. The number of aromatic nitrogens is 2. The highest BCUT2D eigenvalue weighted by molar-refractivity contribution is 6.16. The van der Waals surface area contributed by atoms with Crippen molar-refractivity contribution in [1.82, 2.24) is 14.9 Å². The molecular formula is C26H33FN8O2. The van der Waals surface area contributed by atoms with Gasteiger partial charge in [-0.05, 0) is 43.9 Å². The van der Waals surface area contributed by atoms with Crippen molar-refractivity contribution >= 4 is 41.2 Å². The summed E-state index contributed by atoms with van der Waals surface area (Å²) in [4.78, 5) is 27.4. The van der Waals surface area contributed by atoms with Crippen LogP contribution in [0.15, 0.2) is 24.4 Å². The molecule has 1 aliphatic carbocycles. The van der Waals surface area contributed by atoms with E-state index in [1.54, 1.807) is 29.3 Å². The summed E-state index contributed by atoms with van der Waals surface area (Å²) >= 11 is 0. The summed E-state index contributed by atoms with van der Waals surface area (Å²) < 4.78 is 19.1. The van der Waals surface area contributed by atoms with Crippen LogP contribution >= 0.6 is 0 Å². The van der Waals surface area contributed by atoms with Gasteiger partial charge >= 0.3 is 0 Å². The summed E-state index contributed by atoms with van der Waals surface area (Å²) in [6.07, 6.45) is 7.30. The number of fused-ring (bicyclic) bond motifs is 1. The molecule has 1 saturated carbocycles. The molecule has 3 aliphatic rings. The van der Waals surface area contributed by atoms with Gasteiger partial charge in [0.15, 0.2) is 5.82 Å². The lowest BCUT2D eigenvalue weighted by Crippen LogP contribution is -2.56. The van der Waals surface area contributed by atoms with Crippen molar-refractivity contribution in [3.8, 4) is 5.75 Å². The number of hydrogen-bond acceptors (Lipinski definition) is 8. The minimum absolute atomic E-state index is 0.116. The monoisotopic (exact) mass is 508 g/mol. The van der Waals surface area contributed by atoms with E-state index in [2.05, 4.69) is 22.1 Å². The molecule has 3 N–H and O–H groups in total. The SMILES string of the molecule is CC[C@@H]1C(=N)N(C=N)c2cnc(Nc3ccc(C(=O)N4CC[C@H](F)C4)cc3OC)nc2N1C1CCCC1. The van der Waals surface area contributed by atoms with Gasteiger partial charge in [0.1, 0.15) is 23.4 Å². The van der Waals surface area contributed by atoms with Crippen molar-refractivity contribution in [1.29, 1.82) is 10.8 Å². The van der Waals surface area contributed by atoms with Crippen LogP contribution in [0.4, 0.5) is 27.5 Å². The van der Waals surface area contributed by atoms with E-state index < -0.39 is 6.17 Å². The van der Waals surface area contributed by atoms with E-state index in [0.29, 0.717) is 53.3 Å². The maximum absolute atomic E-state index is 13.6. The minimum Gasteiger partial charge on any atom is -0.495 e. The van der Waals surface area contributed by atoms with E-state index in [1.165, 1.54) is 12.0 Å². The number of rotatable bonds is 7. The molecule has 11 heteroatoms. The molecule has 1 aromatic carbocycles. The Morgan fingerprint density at radius 3 is 2.73 bits per heavy atom. The van der Waals surface area contributed by atoms with Crippen molar-refractivity contribution in [2.45, 2.75) is 63.7 Å². The zero-order chi connectivity index (χ0) is 26.1. The first-order chi connectivity index (χ1) is 17.9. The summed E-state index contributed by atoms with van der Waals surface area (Å²) in [7, 11) is 1.52. The lowest BCUT2D eigenvalue weighted by atomic mass is 10.0. The molecule has 10 nitrogen and oxygen atoms in total. The Balaban J connectivity index is 1.46. The number of nitrogens with one attached hydrogen (secondary N) is 3. The molecule has 1 amide bonds. The van der Waals surface area contributed by atoms with Crippen molar-refractivity contribution in [3.05, 3.63) is 30.0 Å². The van der Waals surface area contributed by atoms with Crippen LogP contribution in [0.5, 0.6) is 5.75 Å². The number of hydrogen-bond donors (Lipinski definition) is 3. The largest absolute Gasteiger partial charge is 0.495 e. The average molecular weight is 509 g/mol. The van der Waals surface area contributed by atoms with Gasteiger partial charge in [0.2, 0.25) is 5.95 Å². The van der Waals surface area contributed by atoms with Gasteiger partial charge in [-0.1, -0.05) is 19.8 Å². The van der Waals surface area contributed by atoms with Crippen molar-refractivity contribution < 1.29 is 13.9 Å². The van der Waals surface area contributed by atoms with Crippen LogP contribution in [0.2, 0.25) is 0 Å². The van der Waals surface area contributed by atoms with Crippen molar-refractivity contribution in [2.24, 2.45) is 0 Å². The van der Waals surface area contributed by atoms with E-state index in [9.17, 15) is 9.18 Å². The van der Waals surface area contributed by atoms with Crippen LogP contribution in [-0.2, 0) is 0 Å². The van der Waals surface area contributed by atoms with Gasteiger partial charge in [0.05, 0.1) is 37.9 Å². The fraction of sp³-hybridized carbons (Fsp3) is 0.500. The van der Waals surface area contributed by atoms with E-state index in [0.717, 1.165) is 38.4 Å². The molecule has 1 aromatic heterocycles. The molecule has 37 heavy (non-hydrogen) atoms. The van der Waals surface area contributed by atoms with Crippen LogP contribution in [0.1, 0.15) is 55.8 Å². The van der Waals surface area contributed by atoms with E-state index >= 15 is 0 Å². The highest BCUT2D eigenvalue weighted by Gasteiger charge is 2.40. The Morgan fingerprint density at radius 1 is 1.30 bits per heavy atom. The third kappa shape index (κ3) is 4.58. The number of halogens is 1. The Morgan fingerprint density at radius 2 is 2.08 bits per heavy atom. The third-order valence-corrected chi connectivity index (χ3v) is 7.51. The maximum Gasteiger partial charge on any atom is 0.254 e. The Kier molecular flexibility index (Phi) is 6.94. The molecule has 0 spiro atoms. The van der Waals surface area contributed by atoms with Crippen molar-refractivity contribution in [2.75, 3.05) is 35.3 Å². The fourth-order valence-electron chi connectivity index (χ4n) is 5.63. The summed E-state index contributed by atoms with van der Waals surface area (Å²) in [6, 6.07) is 5.18. The number of carbonyl (C=O) groups excluding carboxylic acids is 1. The topological polar surface area (TPSA) is 122 Å². The Labute approximate surface area is 215 Å². The lowest BCUT2D eigenvalue weighted by molar-refractivity contribution is 0.0782. The Bertz CT molecular complexity index is 1200. The molecule has 196 valence electrons. The quantitative estimate of drug-likeness (QED) is 0.376. The highest BCUT2D eigenvalue weighted by atomic mass is 19.1.